The van der Waals surface area contributed by atoms with Gasteiger partial charge in [-0.05, 0) is 31.5 Å². The zero-order valence-electron chi connectivity index (χ0n) is 9.04. The smallest absolute Gasteiger partial charge is 0.325 e. The van der Waals surface area contributed by atoms with E-state index < -0.39 is 0 Å². The summed E-state index contributed by atoms with van der Waals surface area (Å²) in [5.74, 6) is -0.279. The normalized spacial score (nSPS) is 9.73. The Bertz CT molecular complexity index is 350. The molecule has 0 heterocycles. The standard InChI is InChI=1S/C11H16N2O2/c1-3-15-11(14)7-13-10-6-8(2)4-5-9(10)12/h4-6,13H,3,7,12H2,1-2H3. The second-order valence-corrected chi connectivity index (χ2v) is 3.25. The highest BCUT2D eigenvalue weighted by atomic mass is 16.5. The fourth-order valence-corrected chi connectivity index (χ4v) is 1.20. The second-order valence-electron chi connectivity index (χ2n) is 3.25. The van der Waals surface area contributed by atoms with Crippen LogP contribution < -0.4 is 11.1 Å². The van der Waals surface area contributed by atoms with E-state index in [9.17, 15) is 4.79 Å². The molecule has 4 nitrogen and oxygen atoms in total. The van der Waals surface area contributed by atoms with E-state index >= 15 is 0 Å². The summed E-state index contributed by atoms with van der Waals surface area (Å²) >= 11 is 0. The summed E-state index contributed by atoms with van der Waals surface area (Å²) in [4.78, 5) is 11.1. The van der Waals surface area contributed by atoms with Crippen LogP contribution in [0.4, 0.5) is 11.4 Å². The molecule has 0 saturated heterocycles. The Balaban J connectivity index is 2.57. The number of carbonyl (C=O) groups excluding carboxylic acids is 1. The van der Waals surface area contributed by atoms with Crippen LogP contribution in [0.25, 0.3) is 0 Å². The van der Waals surface area contributed by atoms with Gasteiger partial charge in [-0.15, -0.1) is 0 Å². The van der Waals surface area contributed by atoms with Crippen molar-refractivity contribution in [2.45, 2.75) is 13.8 Å². The van der Waals surface area contributed by atoms with E-state index in [0.29, 0.717) is 12.3 Å². The summed E-state index contributed by atoms with van der Waals surface area (Å²) in [5.41, 5.74) is 8.22. The van der Waals surface area contributed by atoms with Gasteiger partial charge in [-0.25, -0.2) is 0 Å². The van der Waals surface area contributed by atoms with Crippen LogP contribution in [0.1, 0.15) is 12.5 Å². The van der Waals surface area contributed by atoms with Gasteiger partial charge in [0, 0.05) is 0 Å². The van der Waals surface area contributed by atoms with Crippen molar-refractivity contribution < 1.29 is 9.53 Å². The molecule has 15 heavy (non-hydrogen) atoms. The van der Waals surface area contributed by atoms with Crippen LogP contribution in [-0.4, -0.2) is 19.1 Å². The summed E-state index contributed by atoms with van der Waals surface area (Å²) in [6.07, 6.45) is 0. The molecular weight excluding hydrogens is 192 g/mol. The van der Waals surface area contributed by atoms with Crippen molar-refractivity contribution in [1.82, 2.24) is 0 Å². The number of nitrogens with two attached hydrogens (primary N) is 1. The molecule has 0 spiro atoms. The molecule has 0 aliphatic rings. The van der Waals surface area contributed by atoms with Gasteiger partial charge in [0.1, 0.15) is 6.54 Å². The monoisotopic (exact) mass is 208 g/mol. The zero-order valence-corrected chi connectivity index (χ0v) is 9.04. The van der Waals surface area contributed by atoms with Gasteiger partial charge >= 0.3 is 5.97 Å². The van der Waals surface area contributed by atoms with Crippen molar-refractivity contribution in [2.24, 2.45) is 0 Å². The topological polar surface area (TPSA) is 64.3 Å². The van der Waals surface area contributed by atoms with Crippen LogP contribution in [-0.2, 0) is 9.53 Å². The van der Waals surface area contributed by atoms with E-state index in [0.717, 1.165) is 11.3 Å². The first-order valence-electron chi connectivity index (χ1n) is 4.89. The van der Waals surface area contributed by atoms with Crippen molar-refractivity contribution >= 4 is 17.3 Å². The Morgan fingerprint density at radius 2 is 2.27 bits per heavy atom. The number of esters is 1. The largest absolute Gasteiger partial charge is 0.465 e. The maximum atomic E-state index is 11.1. The van der Waals surface area contributed by atoms with E-state index in [2.05, 4.69) is 5.32 Å². The van der Waals surface area contributed by atoms with Gasteiger partial charge in [-0.3, -0.25) is 4.79 Å². The molecule has 3 N–H and O–H groups in total. The number of ether oxygens (including phenoxy) is 1. The Morgan fingerprint density at radius 3 is 2.93 bits per heavy atom. The number of hydrogen-bond acceptors (Lipinski definition) is 4. The van der Waals surface area contributed by atoms with Crippen molar-refractivity contribution in [3.8, 4) is 0 Å². The first kappa shape index (κ1) is 11.4. The molecule has 0 bridgehead atoms. The molecular formula is C11H16N2O2. The highest BCUT2D eigenvalue weighted by molar-refractivity contribution is 5.77. The molecule has 0 amide bonds. The third kappa shape index (κ3) is 3.50. The summed E-state index contributed by atoms with van der Waals surface area (Å²) in [7, 11) is 0. The highest BCUT2D eigenvalue weighted by Gasteiger charge is 2.03. The van der Waals surface area contributed by atoms with E-state index in [1.807, 2.05) is 25.1 Å². The number of hydrogen-bond donors (Lipinski definition) is 2. The van der Waals surface area contributed by atoms with E-state index in [1.54, 1.807) is 6.92 Å². The Labute approximate surface area is 89.4 Å². The van der Waals surface area contributed by atoms with Gasteiger partial charge in [0.05, 0.1) is 18.0 Å². The molecule has 1 aromatic rings. The molecule has 1 aromatic carbocycles. The molecule has 4 heteroatoms. The van der Waals surface area contributed by atoms with Gasteiger partial charge in [0.15, 0.2) is 0 Å². The number of anilines is 2. The van der Waals surface area contributed by atoms with Crippen LogP contribution in [0.3, 0.4) is 0 Å². The van der Waals surface area contributed by atoms with Crippen molar-refractivity contribution in [1.29, 1.82) is 0 Å². The molecule has 1 rings (SSSR count). The fourth-order valence-electron chi connectivity index (χ4n) is 1.20. The zero-order chi connectivity index (χ0) is 11.3. The minimum Gasteiger partial charge on any atom is -0.465 e. The van der Waals surface area contributed by atoms with E-state index in [-0.39, 0.29) is 12.5 Å². The van der Waals surface area contributed by atoms with Gasteiger partial charge in [-0.1, -0.05) is 6.07 Å². The Kier molecular flexibility index (Phi) is 3.97. The van der Waals surface area contributed by atoms with E-state index in [1.165, 1.54) is 0 Å². The lowest BCUT2D eigenvalue weighted by atomic mass is 10.2. The lowest BCUT2D eigenvalue weighted by Crippen LogP contribution is -2.17. The number of carbonyl (C=O) groups is 1. The SMILES string of the molecule is CCOC(=O)CNc1cc(C)ccc1N. The number of benzene rings is 1. The molecule has 0 saturated carbocycles. The van der Waals surface area contributed by atoms with Crippen LogP contribution in [0.5, 0.6) is 0 Å². The summed E-state index contributed by atoms with van der Waals surface area (Å²) in [6, 6.07) is 5.63. The van der Waals surface area contributed by atoms with Crippen LogP contribution in [0.2, 0.25) is 0 Å². The van der Waals surface area contributed by atoms with Crippen LogP contribution in [0, 0.1) is 6.92 Å². The quantitative estimate of drug-likeness (QED) is 0.582. The van der Waals surface area contributed by atoms with Crippen LogP contribution >= 0.6 is 0 Å². The maximum absolute atomic E-state index is 11.1. The highest BCUT2D eigenvalue weighted by Crippen LogP contribution is 2.18. The average Bonchev–Trinajstić information content (AvgIpc) is 2.20. The molecule has 0 radical (unpaired) electrons. The second kappa shape index (κ2) is 5.24. The molecule has 0 fully saturated rings. The lowest BCUT2D eigenvalue weighted by molar-refractivity contribution is -0.140. The molecule has 0 aliphatic heterocycles. The van der Waals surface area contributed by atoms with Gasteiger partial charge in [0.25, 0.3) is 0 Å². The number of aryl methyl sites for hydroxylation is 1. The molecule has 0 atom stereocenters. The Morgan fingerprint density at radius 1 is 1.53 bits per heavy atom. The maximum Gasteiger partial charge on any atom is 0.325 e. The van der Waals surface area contributed by atoms with Crippen LogP contribution in [0.15, 0.2) is 18.2 Å². The number of nitrogens with one attached hydrogen (secondary N) is 1. The molecule has 0 unspecified atom stereocenters. The van der Waals surface area contributed by atoms with Crippen molar-refractivity contribution in [3.05, 3.63) is 23.8 Å². The fraction of sp³-hybridized carbons (Fsp3) is 0.364. The number of nitrogen functional groups attached to an aromatic ring is 1. The van der Waals surface area contributed by atoms with E-state index in [4.69, 9.17) is 10.5 Å². The van der Waals surface area contributed by atoms with Gasteiger partial charge in [0.2, 0.25) is 0 Å². The lowest BCUT2D eigenvalue weighted by Gasteiger charge is -2.09. The van der Waals surface area contributed by atoms with Crippen molar-refractivity contribution in [3.63, 3.8) is 0 Å². The average molecular weight is 208 g/mol. The predicted molar refractivity (Wildman–Crippen MR) is 60.7 cm³/mol. The molecule has 0 aliphatic carbocycles. The predicted octanol–water partition coefficient (Wildman–Crippen LogP) is 1.55. The minimum absolute atomic E-state index is 0.140. The first-order valence-corrected chi connectivity index (χ1v) is 4.89. The summed E-state index contributed by atoms with van der Waals surface area (Å²) in [5, 5.41) is 2.94. The first-order chi connectivity index (χ1) is 7.13. The molecule has 0 aromatic heterocycles. The third-order valence-corrected chi connectivity index (χ3v) is 1.94. The summed E-state index contributed by atoms with van der Waals surface area (Å²) in [6.45, 7) is 4.28. The summed E-state index contributed by atoms with van der Waals surface area (Å²) < 4.78 is 4.79. The van der Waals surface area contributed by atoms with Crippen molar-refractivity contribution in [2.75, 3.05) is 24.2 Å². The van der Waals surface area contributed by atoms with Gasteiger partial charge < -0.3 is 15.8 Å². The Hall–Kier alpha value is -1.71. The van der Waals surface area contributed by atoms with Gasteiger partial charge in [-0.2, -0.15) is 0 Å². The number of rotatable bonds is 4. The third-order valence-electron chi connectivity index (χ3n) is 1.94. The molecule has 82 valence electrons. The minimum atomic E-state index is -0.279.